The monoisotopic (exact) mass is 565 g/mol. The van der Waals surface area contributed by atoms with Crippen LogP contribution in [0.2, 0.25) is 0 Å². The van der Waals surface area contributed by atoms with Crippen molar-refractivity contribution in [2.75, 3.05) is 47.1 Å². The van der Waals surface area contributed by atoms with Crippen molar-refractivity contribution in [3.05, 3.63) is 0 Å². The zero-order valence-electron chi connectivity index (χ0n) is 20.9. The van der Waals surface area contributed by atoms with Gasteiger partial charge in [-0.15, -0.1) is 0 Å². The molecule has 0 rings (SSSR count). The van der Waals surface area contributed by atoms with E-state index in [1.165, 1.54) is 0 Å². The minimum atomic E-state index is -4.43. The number of esters is 1. The van der Waals surface area contributed by atoms with Crippen LogP contribution in [0.15, 0.2) is 0 Å². The quantitative estimate of drug-likeness (QED) is 0.106. The van der Waals surface area contributed by atoms with Crippen LogP contribution in [0.25, 0.3) is 0 Å². The molecule has 0 aliphatic carbocycles. The van der Waals surface area contributed by atoms with Gasteiger partial charge < -0.3 is 29.5 Å². The van der Waals surface area contributed by atoms with Crippen molar-refractivity contribution in [3.63, 3.8) is 0 Å². The van der Waals surface area contributed by atoms with Crippen LogP contribution in [0.3, 0.4) is 0 Å². The van der Waals surface area contributed by atoms with Crippen molar-refractivity contribution in [1.29, 1.82) is 0 Å². The minimum absolute atomic E-state index is 0. The van der Waals surface area contributed by atoms with Gasteiger partial charge in [0.15, 0.2) is 6.29 Å². The average Bonchev–Trinajstić information content (AvgIpc) is 2.87. The molecule has 38 heavy (non-hydrogen) atoms. The fourth-order valence-electron chi connectivity index (χ4n) is 1.67. The Morgan fingerprint density at radius 3 is 1.84 bits per heavy atom. The standard InChI is InChI=1S/C27H24NO9P.14H2/c1-4-5-6-7-8-9-10-11-12-13-14-15-16-17-18-19-26(30)34-23-25(37-27(31)22-29)24-36-38(32,33)35-21-20-28(2)3;;;;;;;;;;;;;;/h25,27,29,31H,20-24H2,1-3H3,(H,32,33);14*1H. The van der Waals surface area contributed by atoms with Crippen LogP contribution in [0, 0.1) is 94.7 Å². The number of rotatable bonds is 12. The Labute approximate surface area is 243 Å². The second kappa shape index (κ2) is 22.1. The Balaban J connectivity index is -0.0000000752. The Morgan fingerprint density at radius 1 is 0.868 bits per heavy atom. The van der Waals surface area contributed by atoms with E-state index in [-0.39, 0.29) is 26.6 Å². The van der Waals surface area contributed by atoms with E-state index in [1.54, 1.807) is 25.9 Å². The van der Waals surface area contributed by atoms with Crippen molar-refractivity contribution in [2.24, 2.45) is 0 Å². The summed E-state index contributed by atoms with van der Waals surface area (Å²) in [7, 11) is -0.936. The molecule has 0 aromatic carbocycles. The molecule has 11 heteroatoms. The molecule has 0 fully saturated rings. The van der Waals surface area contributed by atoms with Gasteiger partial charge in [0.25, 0.3) is 0 Å². The van der Waals surface area contributed by atoms with Crippen molar-refractivity contribution >= 4 is 13.8 Å². The van der Waals surface area contributed by atoms with E-state index in [1.807, 2.05) is 0 Å². The highest BCUT2D eigenvalue weighted by molar-refractivity contribution is 7.47. The molecule has 0 amide bonds. The molecule has 0 heterocycles. The summed E-state index contributed by atoms with van der Waals surface area (Å²) in [5, 5.41) is 18.4. The molecule has 0 aromatic heterocycles. The number of likely N-dealkylation sites (N-methyl/N-ethyl adjacent to an activating group) is 1. The zero-order chi connectivity index (χ0) is 28.5. The molecule has 0 saturated carbocycles. The highest BCUT2D eigenvalue weighted by Gasteiger charge is 2.25. The molecule has 0 bridgehead atoms. The maximum absolute atomic E-state index is 11.9. The van der Waals surface area contributed by atoms with E-state index >= 15 is 0 Å². The van der Waals surface area contributed by atoms with Gasteiger partial charge >= 0.3 is 13.8 Å². The van der Waals surface area contributed by atoms with E-state index < -0.39 is 46.0 Å². The predicted molar refractivity (Wildman–Crippen MR) is 167 cm³/mol. The summed E-state index contributed by atoms with van der Waals surface area (Å²) in [5.74, 6) is 37.5. The van der Waals surface area contributed by atoms with Crippen LogP contribution in [-0.2, 0) is 27.9 Å². The summed E-state index contributed by atoms with van der Waals surface area (Å²) in [4.78, 5) is 23.2. The van der Waals surface area contributed by atoms with Gasteiger partial charge in [0.2, 0.25) is 0 Å². The minimum Gasteiger partial charge on any atom is -0.453 e. The summed E-state index contributed by atoms with van der Waals surface area (Å²) >= 11 is 0. The van der Waals surface area contributed by atoms with Crippen LogP contribution >= 0.6 is 7.82 Å². The van der Waals surface area contributed by atoms with Gasteiger partial charge in [-0.1, -0.05) is 5.92 Å². The van der Waals surface area contributed by atoms with Crippen molar-refractivity contribution in [3.8, 4) is 94.7 Å². The van der Waals surface area contributed by atoms with E-state index in [4.69, 9.17) is 23.6 Å². The van der Waals surface area contributed by atoms with Crippen LogP contribution < -0.4 is 0 Å². The maximum atomic E-state index is 11.9. The number of hydrogen-bond acceptors (Lipinski definition) is 9. The number of ether oxygens (including phenoxy) is 2. The Bertz CT molecular complexity index is 1390. The molecule has 0 saturated heterocycles. The Morgan fingerprint density at radius 2 is 1.37 bits per heavy atom. The lowest BCUT2D eigenvalue weighted by atomic mass is 10.4. The van der Waals surface area contributed by atoms with Crippen LogP contribution in [0.1, 0.15) is 26.9 Å². The lowest BCUT2D eigenvalue weighted by Gasteiger charge is -2.21. The largest absolute Gasteiger partial charge is 0.472 e. The zero-order valence-corrected chi connectivity index (χ0v) is 21.8. The van der Waals surface area contributed by atoms with Crippen LogP contribution in [0.5, 0.6) is 0 Å². The SMILES string of the molecule is CC#CC#CC#CC#CC#CC#CC#CC#CC(=O)OCC(COP(=O)(O)OCCN(C)C)OC(O)CO.[HH].[HH].[HH].[HH].[HH].[HH].[HH].[HH].[HH].[HH].[HH].[HH].[HH].[HH]. The summed E-state index contributed by atoms with van der Waals surface area (Å²) in [6.07, 6.45) is -2.86. The molecule has 0 spiro atoms. The van der Waals surface area contributed by atoms with Gasteiger partial charge in [0.05, 0.1) is 19.8 Å². The molecular formula is C27H52NO9P. The number of phosphoric acid groups is 1. The molecule has 0 aromatic rings. The number of nitrogens with zero attached hydrogens (tertiary/aromatic N) is 1. The summed E-state index contributed by atoms with van der Waals surface area (Å²) in [5.41, 5.74) is 0. The lowest BCUT2D eigenvalue weighted by molar-refractivity contribution is -0.180. The molecule has 10 nitrogen and oxygen atoms in total. The van der Waals surface area contributed by atoms with E-state index in [9.17, 15) is 19.4 Å². The van der Waals surface area contributed by atoms with Gasteiger partial charge in [0, 0.05) is 32.4 Å². The fourth-order valence-corrected chi connectivity index (χ4v) is 2.41. The molecule has 0 aliphatic rings. The molecule has 3 atom stereocenters. The first-order valence-electron chi connectivity index (χ1n) is 10.5. The Kier molecular flexibility index (Phi) is 19.7. The number of hydrogen-bond donors (Lipinski definition) is 3. The fraction of sp³-hybridized carbons (Fsp3) is 0.370. The third kappa shape index (κ3) is 22.4. The first-order valence-corrected chi connectivity index (χ1v) is 12.0. The van der Waals surface area contributed by atoms with Gasteiger partial charge in [-0.2, -0.15) is 0 Å². The van der Waals surface area contributed by atoms with Gasteiger partial charge in [-0.25, -0.2) is 9.36 Å². The van der Waals surface area contributed by atoms with Gasteiger partial charge in [-0.05, 0) is 104 Å². The highest BCUT2D eigenvalue weighted by atomic mass is 31.2. The van der Waals surface area contributed by atoms with Crippen LogP contribution in [-0.4, -0.2) is 85.4 Å². The second-order valence-electron chi connectivity index (χ2n) is 6.52. The molecule has 224 valence electrons. The number of aliphatic hydroxyl groups is 2. The van der Waals surface area contributed by atoms with Crippen molar-refractivity contribution < 1.29 is 63.0 Å². The maximum Gasteiger partial charge on any atom is 0.472 e. The normalized spacial score (nSPS) is 11.6. The third-order valence-corrected chi connectivity index (χ3v) is 4.21. The average molecular weight is 566 g/mol. The summed E-state index contributed by atoms with van der Waals surface area (Å²) < 4.78 is 31.3. The third-order valence-electron chi connectivity index (χ3n) is 3.22. The Hall–Kier alpha value is -4.10. The predicted octanol–water partition coefficient (Wildman–Crippen LogP) is 2.41. The lowest BCUT2D eigenvalue weighted by Crippen LogP contribution is -2.32. The summed E-state index contributed by atoms with van der Waals surface area (Å²) in [6.45, 7) is 0.0661. The topological polar surface area (TPSA) is 135 Å². The molecule has 0 aliphatic heterocycles. The summed E-state index contributed by atoms with van der Waals surface area (Å²) in [6, 6.07) is 0. The molecular weight excluding hydrogens is 513 g/mol. The molecule has 3 unspecified atom stereocenters. The number of carbonyl (C=O) groups excluding carboxylic acids is 1. The van der Waals surface area contributed by atoms with E-state index in [0.717, 1.165) is 0 Å². The van der Waals surface area contributed by atoms with Gasteiger partial charge in [-0.3, -0.25) is 9.05 Å². The number of aliphatic hydroxyl groups excluding tert-OH is 2. The van der Waals surface area contributed by atoms with E-state index in [2.05, 4.69) is 94.7 Å². The van der Waals surface area contributed by atoms with Crippen LogP contribution in [0.4, 0.5) is 0 Å². The smallest absolute Gasteiger partial charge is 0.453 e. The van der Waals surface area contributed by atoms with Gasteiger partial charge in [0.1, 0.15) is 12.7 Å². The molecule has 0 radical (unpaired) electrons. The number of carbonyl (C=O) groups is 1. The van der Waals surface area contributed by atoms with Crippen molar-refractivity contribution in [1.82, 2.24) is 4.90 Å². The van der Waals surface area contributed by atoms with Crippen molar-refractivity contribution in [2.45, 2.75) is 19.3 Å². The second-order valence-corrected chi connectivity index (χ2v) is 7.97. The van der Waals surface area contributed by atoms with E-state index in [0.29, 0.717) is 6.54 Å². The number of phosphoric ester groups is 1. The highest BCUT2D eigenvalue weighted by Crippen LogP contribution is 2.43. The first-order chi connectivity index (χ1) is 18.2. The first kappa shape index (κ1) is 33.9. The molecule has 3 N–H and O–H groups in total.